The fourth-order valence-electron chi connectivity index (χ4n) is 3.95. The predicted molar refractivity (Wildman–Crippen MR) is 121 cm³/mol. The number of piperidine rings is 1. The number of sulfonamides is 1. The second-order valence-electron chi connectivity index (χ2n) is 8.04. The van der Waals surface area contributed by atoms with Crippen LogP contribution in [0.1, 0.15) is 12.8 Å². The minimum atomic E-state index is -3.44. The Morgan fingerprint density at radius 2 is 1.84 bits per heavy atom. The van der Waals surface area contributed by atoms with E-state index in [1.54, 1.807) is 52.8 Å². The molecule has 4 N–H and O–H groups in total. The Kier molecular flexibility index (Phi) is 6.95. The number of ether oxygens (including phenoxy) is 1. The second-order valence-corrected chi connectivity index (χ2v) is 9.98. The first-order valence-corrected chi connectivity index (χ1v) is 12.2. The number of imidazole rings is 1. The number of fused-ring (bicyclic) bond motifs is 1. The van der Waals surface area contributed by atoms with Crippen molar-refractivity contribution in [3.8, 4) is 5.75 Å². The number of nitrogens with zero attached hydrogens (tertiary/aromatic N) is 1. The second kappa shape index (κ2) is 9.86. The number of aromatic nitrogens is 2. The molecule has 10 heteroatoms. The smallest absolute Gasteiger partial charge is 0.323 e. The molecule has 1 aliphatic rings. The molecule has 0 radical (unpaired) electrons. The first kappa shape index (κ1) is 22.5. The van der Waals surface area contributed by atoms with Crippen LogP contribution < -0.4 is 15.7 Å². The van der Waals surface area contributed by atoms with Crippen LogP contribution in [0.25, 0.3) is 11.0 Å². The highest BCUT2D eigenvalue weighted by atomic mass is 32.2. The largest absolute Gasteiger partial charge is 0.489 e. The summed E-state index contributed by atoms with van der Waals surface area (Å²) < 4.78 is 32.6. The minimum absolute atomic E-state index is 0.0904. The number of rotatable bonds is 9. The van der Waals surface area contributed by atoms with Crippen LogP contribution in [0.4, 0.5) is 0 Å². The van der Waals surface area contributed by atoms with Crippen molar-refractivity contribution in [3.05, 3.63) is 59.0 Å². The average molecular weight is 461 g/mol. The topological polar surface area (TPSA) is 128 Å². The number of hydrogen-bond donors (Lipinski definition) is 4. The summed E-state index contributed by atoms with van der Waals surface area (Å²) in [6.07, 6.45) is 0.831. The van der Waals surface area contributed by atoms with Gasteiger partial charge in [0, 0.05) is 19.6 Å². The van der Waals surface area contributed by atoms with E-state index in [4.69, 9.17) is 4.74 Å². The minimum Gasteiger partial charge on any atom is -0.489 e. The highest BCUT2D eigenvalue weighted by Gasteiger charge is 2.29. The van der Waals surface area contributed by atoms with Gasteiger partial charge in [-0.2, -0.15) is 4.31 Å². The van der Waals surface area contributed by atoms with Crippen molar-refractivity contribution in [1.82, 2.24) is 19.6 Å². The molecule has 1 atom stereocenters. The summed E-state index contributed by atoms with van der Waals surface area (Å²) >= 11 is 0. The van der Waals surface area contributed by atoms with Gasteiger partial charge in [0.25, 0.3) is 0 Å². The van der Waals surface area contributed by atoms with Gasteiger partial charge in [0.05, 0.1) is 10.4 Å². The van der Waals surface area contributed by atoms with Gasteiger partial charge in [0.2, 0.25) is 10.0 Å². The van der Waals surface area contributed by atoms with E-state index in [0.29, 0.717) is 53.8 Å². The molecule has 32 heavy (non-hydrogen) atoms. The number of aliphatic hydroxyl groups excluding tert-OH is 1. The van der Waals surface area contributed by atoms with E-state index in [9.17, 15) is 18.3 Å². The van der Waals surface area contributed by atoms with E-state index < -0.39 is 16.1 Å². The van der Waals surface area contributed by atoms with Gasteiger partial charge in [-0.3, -0.25) is 0 Å². The molecule has 0 saturated carbocycles. The fraction of sp³-hybridized carbons (Fsp3) is 0.409. The highest BCUT2D eigenvalue weighted by molar-refractivity contribution is 7.89. The molecule has 0 aliphatic carbocycles. The Morgan fingerprint density at radius 1 is 1.09 bits per heavy atom. The van der Waals surface area contributed by atoms with Crippen molar-refractivity contribution in [2.75, 3.05) is 32.8 Å². The molecule has 9 nitrogen and oxygen atoms in total. The van der Waals surface area contributed by atoms with Crippen LogP contribution in [0.2, 0.25) is 0 Å². The predicted octanol–water partition coefficient (Wildman–Crippen LogP) is 1.29. The quantitative estimate of drug-likeness (QED) is 0.381. The van der Waals surface area contributed by atoms with Crippen LogP contribution in [0.5, 0.6) is 5.75 Å². The van der Waals surface area contributed by atoms with Crippen LogP contribution >= 0.6 is 0 Å². The summed E-state index contributed by atoms with van der Waals surface area (Å²) in [4.78, 5) is 17.1. The lowest BCUT2D eigenvalue weighted by atomic mass is 9.98. The maximum Gasteiger partial charge on any atom is 0.323 e. The summed E-state index contributed by atoms with van der Waals surface area (Å²) in [5.74, 6) is 0.857. The van der Waals surface area contributed by atoms with E-state index in [1.807, 2.05) is 0 Å². The van der Waals surface area contributed by atoms with Gasteiger partial charge in [-0.05, 0) is 49.6 Å². The van der Waals surface area contributed by atoms with Gasteiger partial charge in [-0.15, -0.1) is 0 Å². The number of nitrogens with one attached hydrogen (secondary N) is 3. The summed E-state index contributed by atoms with van der Waals surface area (Å²) in [5.41, 5.74) is 0.927. The third-order valence-corrected chi connectivity index (χ3v) is 7.62. The van der Waals surface area contributed by atoms with E-state index in [-0.39, 0.29) is 12.3 Å². The summed E-state index contributed by atoms with van der Waals surface area (Å²) in [7, 11) is -3.44. The molecule has 2 heterocycles. The van der Waals surface area contributed by atoms with Crippen LogP contribution in [-0.4, -0.2) is 66.7 Å². The molecule has 0 amide bonds. The molecule has 3 aromatic rings. The number of aliphatic hydroxyl groups is 1. The van der Waals surface area contributed by atoms with Gasteiger partial charge < -0.3 is 25.1 Å². The summed E-state index contributed by atoms with van der Waals surface area (Å²) in [6.45, 7) is 2.15. The van der Waals surface area contributed by atoms with Crippen molar-refractivity contribution in [1.29, 1.82) is 0 Å². The Bertz CT molecular complexity index is 1180. The van der Waals surface area contributed by atoms with Crippen molar-refractivity contribution in [2.45, 2.75) is 23.8 Å². The number of H-pyrrole nitrogens is 2. The van der Waals surface area contributed by atoms with Gasteiger partial charge in [-0.25, -0.2) is 13.2 Å². The lowest BCUT2D eigenvalue weighted by Crippen LogP contribution is -2.42. The zero-order chi connectivity index (χ0) is 22.6. The van der Waals surface area contributed by atoms with Gasteiger partial charge in [0.15, 0.2) is 0 Å². The van der Waals surface area contributed by atoms with Gasteiger partial charge >= 0.3 is 5.69 Å². The lowest BCUT2D eigenvalue weighted by Gasteiger charge is -2.31. The molecular weight excluding hydrogens is 432 g/mol. The molecule has 1 aliphatic heterocycles. The van der Waals surface area contributed by atoms with Crippen molar-refractivity contribution >= 4 is 21.1 Å². The van der Waals surface area contributed by atoms with Crippen molar-refractivity contribution in [3.63, 3.8) is 0 Å². The molecule has 1 aromatic heterocycles. The fourth-order valence-corrected chi connectivity index (χ4v) is 5.44. The van der Waals surface area contributed by atoms with E-state index in [2.05, 4.69) is 15.3 Å². The number of benzene rings is 2. The Balaban J connectivity index is 1.19. The SMILES string of the molecule is O=c1[nH]c2cccc(OC[C@H](O)CNCC3CCN(S(=O)(=O)c4ccccc4)CC3)c2[nH]1. The lowest BCUT2D eigenvalue weighted by molar-refractivity contribution is 0.105. The van der Waals surface area contributed by atoms with Crippen LogP contribution in [0.15, 0.2) is 58.2 Å². The van der Waals surface area contributed by atoms with Crippen LogP contribution in [0.3, 0.4) is 0 Å². The van der Waals surface area contributed by atoms with Crippen molar-refractivity contribution in [2.24, 2.45) is 5.92 Å². The zero-order valence-corrected chi connectivity index (χ0v) is 18.5. The normalized spacial score (nSPS) is 16.9. The maximum atomic E-state index is 12.7. The van der Waals surface area contributed by atoms with E-state index in [0.717, 1.165) is 12.8 Å². The molecule has 2 aromatic carbocycles. The molecule has 172 valence electrons. The third-order valence-electron chi connectivity index (χ3n) is 5.71. The third kappa shape index (κ3) is 5.21. The number of hydrogen-bond acceptors (Lipinski definition) is 6. The molecule has 0 unspecified atom stereocenters. The Morgan fingerprint density at radius 3 is 2.59 bits per heavy atom. The average Bonchev–Trinajstić information content (AvgIpc) is 3.19. The summed E-state index contributed by atoms with van der Waals surface area (Å²) in [6, 6.07) is 13.8. The molecule has 1 fully saturated rings. The van der Waals surface area contributed by atoms with E-state index >= 15 is 0 Å². The number of para-hydroxylation sites is 1. The summed E-state index contributed by atoms with van der Waals surface area (Å²) in [5, 5.41) is 13.5. The Hall–Kier alpha value is -2.66. The maximum absolute atomic E-state index is 12.7. The monoisotopic (exact) mass is 460 g/mol. The van der Waals surface area contributed by atoms with Gasteiger partial charge in [-0.1, -0.05) is 24.3 Å². The zero-order valence-electron chi connectivity index (χ0n) is 17.7. The molecule has 0 bridgehead atoms. The van der Waals surface area contributed by atoms with Crippen LogP contribution in [-0.2, 0) is 10.0 Å². The molecule has 4 rings (SSSR count). The first-order chi connectivity index (χ1) is 15.4. The molecular formula is C22H28N4O5S. The molecule has 1 saturated heterocycles. The Labute approximate surface area is 186 Å². The van der Waals surface area contributed by atoms with Crippen molar-refractivity contribution < 1.29 is 18.3 Å². The standard InChI is InChI=1S/C22H28N4O5S/c27-17(15-31-20-8-4-7-19-21(20)25-22(28)24-19)14-23-13-16-9-11-26(12-10-16)32(29,30)18-5-2-1-3-6-18/h1-8,16-17,23,27H,9-15H2,(H2,24,25,28)/t17-/m1/s1. The van der Waals surface area contributed by atoms with E-state index in [1.165, 1.54) is 0 Å². The molecule has 0 spiro atoms. The van der Waals surface area contributed by atoms with Crippen LogP contribution in [0, 0.1) is 5.92 Å². The van der Waals surface area contributed by atoms with Gasteiger partial charge in [0.1, 0.15) is 24.0 Å². The first-order valence-electron chi connectivity index (χ1n) is 10.7. The highest BCUT2D eigenvalue weighted by Crippen LogP contribution is 2.23. The number of aromatic amines is 2.